The first-order valence-corrected chi connectivity index (χ1v) is 13.7. The molecule has 0 radical (unpaired) electrons. The lowest BCUT2D eigenvalue weighted by Crippen LogP contribution is -2.38. The number of fused-ring (bicyclic) bond motifs is 1. The summed E-state index contributed by atoms with van der Waals surface area (Å²) in [6, 6.07) is 6.86. The average molecular weight is 574 g/mol. The molecule has 0 bridgehead atoms. The van der Waals surface area contributed by atoms with E-state index in [1.807, 2.05) is 0 Å². The summed E-state index contributed by atoms with van der Waals surface area (Å²) in [5.74, 6) is -2.15. The maximum Gasteiger partial charge on any atom is 0.300 e. The molecule has 4 aromatic rings. The van der Waals surface area contributed by atoms with Crippen molar-refractivity contribution in [2.45, 2.75) is 4.90 Å². The van der Waals surface area contributed by atoms with Crippen molar-refractivity contribution in [2.75, 3.05) is 51.3 Å². The maximum atomic E-state index is 14.2. The standard InChI is InChI=1S/C26H25F2N5O6S/c1-37-25-21(31-40(35,36)23-4-3-19(27)13-20(23)28)12-18(14-30-25)17-2-5-24-29-15-22(26(34)33(24)16-17)39-11-8-32-6-9-38-10-7-32/h2-5,12-16,31H,6-11H2,1H3. The average Bonchev–Trinajstić information content (AvgIpc) is 2.94. The van der Waals surface area contributed by atoms with E-state index < -0.39 is 32.1 Å². The second kappa shape index (κ2) is 11.5. The van der Waals surface area contributed by atoms with Crippen molar-refractivity contribution in [2.24, 2.45) is 0 Å². The minimum absolute atomic E-state index is 0.0783. The van der Waals surface area contributed by atoms with Crippen LogP contribution in [-0.2, 0) is 14.8 Å². The quantitative estimate of drug-likeness (QED) is 0.322. The minimum atomic E-state index is -4.46. The van der Waals surface area contributed by atoms with Gasteiger partial charge in [0.1, 0.15) is 34.5 Å². The topological polar surface area (TPSA) is 124 Å². The van der Waals surface area contributed by atoms with Gasteiger partial charge in [-0.05, 0) is 30.3 Å². The van der Waals surface area contributed by atoms with Gasteiger partial charge >= 0.3 is 0 Å². The molecule has 210 valence electrons. The number of halogens is 2. The Hall–Kier alpha value is -4.14. The number of ether oxygens (including phenoxy) is 3. The first-order valence-electron chi connectivity index (χ1n) is 12.2. The molecule has 1 N–H and O–H groups in total. The van der Waals surface area contributed by atoms with E-state index in [-0.39, 0.29) is 17.3 Å². The van der Waals surface area contributed by atoms with Crippen LogP contribution in [-0.4, -0.2) is 74.3 Å². The van der Waals surface area contributed by atoms with Gasteiger partial charge in [0.15, 0.2) is 0 Å². The molecule has 0 saturated carbocycles. The number of hydrogen-bond acceptors (Lipinski definition) is 9. The van der Waals surface area contributed by atoms with E-state index in [1.165, 1.54) is 36.2 Å². The van der Waals surface area contributed by atoms with E-state index in [2.05, 4.69) is 19.6 Å². The number of rotatable bonds is 9. The molecule has 1 aliphatic rings. The number of hydrogen-bond donors (Lipinski definition) is 1. The number of nitrogens with zero attached hydrogens (tertiary/aromatic N) is 4. The lowest BCUT2D eigenvalue weighted by Gasteiger charge is -2.26. The molecule has 40 heavy (non-hydrogen) atoms. The monoisotopic (exact) mass is 573 g/mol. The first kappa shape index (κ1) is 27.4. The van der Waals surface area contributed by atoms with Crippen molar-refractivity contribution >= 4 is 21.4 Å². The highest BCUT2D eigenvalue weighted by molar-refractivity contribution is 7.92. The highest BCUT2D eigenvalue weighted by atomic mass is 32.2. The van der Waals surface area contributed by atoms with Crippen molar-refractivity contribution in [3.05, 3.63) is 77.0 Å². The van der Waals surface area contributed by atoms with Gasteiger partial charge in [0.2, 0.25) is 11.6 Å². The number of anilines is 1. The Bertz CT molecular complexity index is 1710. The van der Waals surface area contributed by atoms with Crippen LogP contribution in [0.3, 0.4) is 0 Å². The van der Waals surface area contributed by atoms with Crippen LogP contribution in [0.4, 0.5) is 14.5 Å². The van der Waals surface area contributed by atoms with E-state index in [0.717, 1.165) is 25.2 Å². The van der Waals surface area contributed by atoms with E-state index in [4.69, 9.17) is 14.2 Å². The van der Waals surface area contributed by atoms with Gasteiger partial charge in [-0.2, -0.15) is 0 Å². The summed E-state index contributed by atoms with van der Waals surface area (Å²) >= 11 is 0. The molecule has 1 aliphatic heterocycles. The summed E-state index contributed by atoms with van der Waals surface area (Å²) in [4.78, 5) is 23.0. The third-order valence-corrected chi connectivity index (χ3v) is 7.64. The number of aromatic nitrogens is 3. The molecule has 3 aromatic heterocycles. The SMILES string of the molecule is COc1ncc(-c2ccc3ncc(OCCN4CCOCC4)c(=O)n3c2)cc1NS(=O)(=O)c1ccc(F)cc1F. The van der Waals surface area contributed by atoms with Crippen LogP contribution in [0.15, 0.2) is 64.7 Å². The molecule has 5 rings (SSSR count). The summed E-state index contributed by atoms with van der Waals surface area (Å²) in [6.45, 7) is 3.88. The van der Waals surface area contributed by atoms with Crippen LogP contribution in [0.5, 0.6) is 11.6 Å². The van der Waals surface area contributed by atoms with Crippen LogP contribution in [0, 0.1) is 11.6 Å². The zero-order valence-electron chi connectivity index (χ0n) is 21.3. The molecule has 0 spiro atoms. The molecule has 1 saturated heterocycles. The lowest BCUT2D eigenvalue weighted by molar-refractivity contribution is 0.0321. The Morgan fingerprint density at radius 3 is 2.60 bits per heavy atom. The molecule has 1 aromatic carbocycles. The lowest BCUT2D eigenvalue weighted by atomic mass is 10.1. The van der Waals surface area contributed by atoms with E-state index in [1.54, 1.807) is 12.1 Å². The van der Waals surface area contributed by atoms with Gasteiger partial charge < -0.3 is 14.2 Å². The molecular weight excluding hydrogens is 548 g/mol. The molecule has 0 amide bonds. The molecule has 0 atom stereocenters. The van der Waals surface area contributed by atoms with Crippen LogP contribution in [0.1, 0.15) is 0 Å². The maximum absolute atomic E-state index is 14.2. The largest absolute Gasteiger partial charge is 0.485 e. The second-order valence-corrected chi connectivity index (χ2v) is 10.5. The summed E-state index contributed by atoms with van der Waals surface area (Å²) < 4.78 is 73.0. The van der Waals surface area contributed by atoms with Crippen LogP contribution < -0.4 is 19.8 Å². The Labute approximate surface area is 228 Å². The molecule has 4 heterocycles. The number of morpholine rings is 1. The summed E-state index contributed by atoms with van der Waals surface area (Å²) in [7, 11) is -3.17. The zero-order chi connectivity index (χ0) is 28.3. The third-order valence-electron chi connectivity index (χ3n) is 6.24. The fraction of sp³-hybridized carbons (Fsp3) is 0.269. The van der Waals surface area contributed by atoms with E-state index >= 15 is 0 Å². The van der Waals surface area contributed by atoms with Gasteiger partial charge in [-0.25, -0.2) is 27.2 Å². The molecule has 14 heteroatoms. The first-order chi connectivity index (χ1) is 19.2. The Morgan fingerprint density at radius 2 is 1.85 bits per heavy atom. The molecule has 0 unspecified atom stereocenters. The third kappa shape index (κ3) is 5.88. The highest BCUT2D eigenvalue weighted by Gasteiger charge is 2.22. The molecular formula is C26H25F2N5O6S. The van der Waals surface area contributed by atoms with Crippen molar-refractivity contribution in [1.29, 1.82) is 0 Å². The van der Waals surface area contributed by atoms with Gasteiger partial charge in [-0.1, -0.05) is 0 Å². The van der Waals surface area contributed by atoms with Gasteiger partial charge in [0.25, 0.3) is 15.6 Å². The van der Waals surface area contributed by atoms with Crippen molar-refractivity contribution < 1.29 is 31.4 Å². The molecule has 0 aliphatic carbocycles. The number of benzene rings is 1. The zero-order valence-corrected chi connectivity index (χ0v) is 22.2. The normalized spacial score (nSPS) is 14.3. The Kier molecular flexibility index (Phi) is 7.91. The predicted octanol–water partition coefficient (Wildman–Crippen LogP) is 2.56. The number of pyridine rings is 2. The summed E-state index contributed by atoms with van der Waals surface area (Å²) in [5.41, 5.74) is 0.803. The number of sulfonamides is 1. The minimum Gasteiger partial charge on any atom is -0.485 e. The number of nitrogens with one attached hydrogen (secondary N) is 1. The smallest absolute Gasteiger partial charge is 0.300 e. The van der Waals surface area contributed by atoms with Crippen LogP contribution in [0.2, 0.25) is 0 Å². The predicted molar refractivity (Wildman–Crippen MR) is 141 cm³/mol. The van der Waals surface area contributed by atoms with Crippen molar-refractivity contribution in [3.8, 4) is 22.8 Å². The van der Waals surface area contributed by atoms with Crippen molar-refractivity contribution in [3.63, 3.8) is 0 Å². The highest BCUT2D eigenvalue weighted by Crippen LogP contribution is 2.30. The van der Waals surface area contributed by atoms with Crippen LogP contribution >= 0.6 is 0 Å². The van der Waals surface area contributed by atoms with Gasteiger partial charge in [0.05, 0.1) is 26.5 Å². The van der Waals surface area contributed by atoms with Gasteiger partial charge in [-0.3, -0.25) is 18.8 Å². The van der Waals surface area contributed by atoms with E-state index in [0.29, 0.717) is 49.2 Å². The summed E-state index contributed by atoms with van der Waals surface area (Å²) in [5, 5.41) is 0. The fourth-order valence-electron chi connectivity index (χ4n) is 4.18. The second-order valence-electron chi connectivity index (χ2n) is 8.84. The van der Waals surface area contributed by atoms with Gasteiger partial charge in [-0.15, -0.1) is 0 Å². The van der Waals surface area contributed by atoms with Crippen molar-refractivity contribution in [1.82, 2.24) is 19.3 Å². The fourth-order valence-corrected chi connectivity index (χ4v) is 5.29. The van der Waals surface area contributed by atoms with Crippen LogP contribution in [0.25, 0.3) is 16.8 Å². The van der Waals surface area contributed by atoms with E-state index in [9.17, 15) is 22.0 Å². The number of methoxy groups -OCH3 is 1. The molecule has 11 nitrogen and oxygen atoms in total. The summed E-state index contributed by atoms with van der Waals surface area (Å²) in [6.07, 6.45) is 4.34. The Morgan fingerprint density at radius 1 is 1.05 bits per heavy atom. The van der Waals surface area contributed by atoms with Gasteiger partial charge in [0, 0.05) is 49.2 Å². The molecule has 1 fully saturated rings. The Balaban J connectivity index is 1.42.